The molecule has 1 aromatic heterocycles. The van der Waals surface area contributed by atoms with Crippen molar-refractivity contribution in [1.82, 2.24) is 9.71 Å². The van der Waals surface area contributed by atoms with Crippen molar-refractivity contribution < 1.29 is 8.42 Å². The van der Waals surface area contributed by atoms with Gasteiger partial charge in [-0.15, -0.1) is 11.3 Å². The van der Waals surface area contributed by atoms with Crippen LogP contribution in [0.25, 0.3) is 20.8 Å². The minimum Gasteiger partial charge on any atom is -0.271 e. The topological polar surface area (TPSA) is 71.1 Å². The van der Waals surface area contributed by atoms with E-state index in [1.807, 2.05) is 24.3 Å². The van der Waals surface area contributed by atoms with Crippen molar-refractivity contribution in [1.29, 1.82) is 0 Å². The number of benzene rings is 2. The average Bonchev–Trinajstić information content (AvgIpc) is 2.89. The molecule has 0 aliphatic heterocycles. The second kappa shape index (κ2) is 6.51. The third-order valence-electron chi connectivity index (χ3n) is 3.32. The Kier molecular flexibility index (Phi) is 4.58. The summed E-state index contributed by atoms with van der Waals surface area (Å²) in [6, 6.07) is 13.3. The van der Waals surface area contributed by atoms with E-state index in [9.17, 15) is 8.42 Å². The summed E-state index contributed by atoms with van der Waals surface area (Å²) in [7, 11) is -3.55. The van der Waals surface area contributed by atoms with Crippen molar-refractivity contribution in [2.45, 2.75) is 26.8 Å². The Bertz CT molecular complexity index is 961. The normalized spacial score (nSPS) is 12.0. The quantitative estimate of drug-likeness (QED) is 0.723. The van der Waals surface area contributed by atoms with Gasteiger partial charge in [0.2, 0.25) is 0 Å². The number of rotatable bonds is 5. The first-order valence-electron chi connectivity index (χ1n) is 7.60. The van der Waals surface area contributed by atoms with Crippen LogP contribution in [0.3, 0.4) is 0 Å². The molecule has 2 aromatic carbocycles. The van der Waals surface area contributed by atoms with Crippen molar-refractivity contribution >= 4 is 37.5 Å². The lowest BCUT2D eigenvalue weighted by molar-refractivity contribution is 0.575. The second-order valence-corrected chi connectivity index (χ2v) is 8.42. The molecule has 24 heavy (non-hydrogen) atoms. The van der Waals surface area contributed by atoms with Gasteiger partial charge in [0.25, 0.3) is 10.2 Å². The summed E-state index contributed by atoms with van der Waals surface area (Å²) in [5.41, 5.74) is 3.67. The smallest absolute Gasteiger partial charge is 0.271 e. The Hall–Kier alpha value is -1.96. The van der Waals surface area contributed by atoms with Gasteiger partial charge in [0.1, 0.15) is 5.01 Å². The lowest BCUT2D eigenvalue weighted by Crippen LogP contribution is -2.35. The summed E-state index contributed by atoms with van der Waals surface area (Å²) in [6.07, 6.45) is 0. The maximum atomic E-state index is 11.9. The molecule has 5 nitrogen and oxygen atoms in total. The minimum atomic E-state index is -3.55. The van der Waals surface area contributed by atoms with Gasteiger partial charge in [-0.2, -0.15) is 13.1 Å². The number of aryl methyl sites for hydroxylation is 1. The molecule has 0 radical (unpaired) electrons. The van der Waals surface area contributed by atoms with Gasteiger partial charge < -0.3 is 0 Å². The second-order valence-electron chi connectivity index (χ2n) is 5.95. The van der Waals surface area contributed by atoms with E-state index in [0.717, 1.165) is 20.8 Å². The Morgan fingerprint density at radius 3 is 2.46 bits per heavy atom. The lowest BCUT2D eigenvalue weighted by Gasteiger charge is -2.11. The van der Waals surface area contributed by atoms with Crippen molar-refractivity contribution in [2.24, 2.45) is 0 Å². The first-order valence-corrected chi connectivity index (χ1v) is 9.90. The number of hydrogen-bond donors (Lipinski definition) is 2. The number of aromatic nitrogens is 1. The van der Waals surface area contributed by atoms with Crippen molar-refractivity contribution in [2.75, 3.05) is 4.72 Å². The lowest BCUT2D eigenvalue weighted by atomic mass is 10.2. The van der Waals surface area contributed by atoms with Crippen molar-refractivity contribution in [3.8, 4) is 10.6 Å². The molecule has 0 spiro atoms. The summed E-state index contributed by atoms with van der Waals surface area (Å²) in [6.45, 7) is 5.61. The highest BCUT2D eigenvalue weighted by molar-refractivity contribution is 7.90. The number of nitrogens with one attached hydrogen (secondary N) is 2. The zero-order valence-corrected chi connectivity index (χ0v) is 15.3. The SMILES string of the molecule is Cc1ccc2nc(-c3ccc(NS(=O)(=O)NC(C)C)cc3)sc2c1. The molecular weight excluding hydrogens is 342 g/mol. The number of fused-ring (bicyclic) bond motifs is 1. The van der Waals surface area contributed by atoms with Gasteiger partial charge in [-0.3, -0.25) is 4.72 Å². The van der Waals surface area contributed by atoms with Gasteiger partial charge in [-0.25, -0.2) is 4.98 Å². The van der Waals surface area contributed by atoms with Gasteiger partial charge >= 0.3 is 0 Å². The fraction of sp³-hybridized carbons (Fsp3) is 0.235. The number of thiazole rings is 1. The molecule has 0 atom stereocenters. The van der Waals surface area contributed by atoms with Crippen LogP contribution in [0.2, 0.25) is 0 Å². The third kappa shape index (κ3) is 3.92. The number of hydrogen-bond acceptors (Lipinski definition) is 4. The molecule has 7 heteroatoms. The van der Waals surface area contributed by atoms with Crippen LogP contribution in [-0.2, 0) is 10.2 Å². The third-order valence-corrected chi connectivity index (χ3v) is 5.67. The Morgan fingerprint density at radius 2 is 1.79 bits per heavy atom. The summed E-state index contributed by atoms with van der Waals surface area (Å²) in [4.78, 5) is 4.64. The molecule has 3 rings (SSSR count). The molecule has 0 saturated carbocycles. The Morgan fingerprint density at radius 1 is 1.08 bits per heavy atom. The van der Waals surface area contributed by atoms with Crippen LogP contribution in [-0.4, -0.2) is 19.4 Å². The van der Waals surface area contributed by atoms with Crippen LogP contribution < -0.4 is 9.44 Å². The largest absolute Gasteiger partial charge is 0.299 e. The summed E-state index contributed by atoms with van der Waals surface area (Å²) < 4.78 is 29.9. The molecule has 126 valence electrons. The maximum Gasteiger partial charge on any atom is 0.299 e. The van der Waals surface area contributed by atoms with Crippen molar-refractivity contribution in [3.05, 3.63) is 48.0 Å². The number of nitrogens with zero attached hydrogens (tertiary/aromatic N) is 1. The van der Waals surface area contributed by atoms with Gasteiger partial charge in [-0.1, -0.05) is 6.07 Å². The molecular formula is C17H19N3O2S2. The highest BCUT2D eigenvalue weighted by Gasteiger charge is 2.12. The minimum absolute atomic E-state index is 0.159. The zero-order valence-electron chi connectivity index (χ0n) is 13.7. The summed E-state index contributed by atoms with van der Waals surface area (Å²) in [5, 5.41) is 0.922. The van der Waals surface area contributed by atoms with E-state index in [-0.39, 0.29) is 6.04 Å². The van der Waals surface area contributed by atoms with E-state index in [0.29, 0.717) is 5.69 Å². The molecule has 0 saturated heterocycles. The predicted molar refractivity (Wildman–Crippen MR) is 101 cm³/mol. The summed E-state index contributed by atoms with van der Waals surface area (Å²) >= 11 is 1.63. The molecule has 1 heterocycles. The fourth-order valence-corrected chi connectivity index (χ4v) is 4.53. The average molecular weight is 361 g/mol. The Balaban J connectivity index is 1.83. The van der Waals surface area contributed by atoms with Gasteiger partial charge in [-0.05, 0) is 62.7 Å². The van der Waals surface area contributed by atoms with Crippen LogP contribution in [0, 0.1) is 6.92 Å². The standard InChI is InChI=1S/C17H19N3O2S2/c1-11(2)19-24(21,22)20-14-7-5-13(6-8-14)17-18-15-9-4-12(3)10-16(15)23-17/h4-11,19-20H,1-3H3. The van der Waals surface area contributed by atoms with Crippen LogP contribution in [0.4, 0.5) is 5.69 Å². The molecule has 0 aliphatic carbocycles. The highest BCUT2D eigenvalue weighted by Crippen LogP contribution is 2.31. The molecule has 3 aromatic rings. The highest BCUT2D eigenvalue weighted by atomic mass is 32.2. The fourth-order valence-electron chi connectivity index (χ4n) is 2.33. The monoisotopic (exact) mass is 361 g/mol. The maximum absolute atomic E-state index is 11.9. The molecule has 0 bridgehead atoms. The first-order chi connectivity index (χ1) is 11.3. The molecule has 0 amide bonds. The molecule has 0 fully saturated rings. The number of anilines is 1. The van der Waals surface area contributed by atoms with Crippen LogP contribution >= 0.6 is 11.3 Å². The van der Waals surface area contributed by atoms with Crippen LogP contribution in [0.5, 0.6) is 0 Å². The van der Waals surface area contributed by atoms with Crippen molar-refractivity contribution in [3.63, 3.8) is 0 Å². The molecule has 0 unspecified atom stereocenters. The Labute approximate surface area is 145 Å². The van der Waals surface area contributed by atoms with E-state index in [2.05, 4.69) is 27.4 Å². The van der Waals surface area contributed by atoms with Gasteiger partial charge in [0.15, 0.2) is 0 Å². The first kappa shape index (κ1) is 16.9. The van der Waals surface area contributed by atoms with E-state index >= 15 is 0 Å². The molecule has 0 aliphatic rings. The van der Waals surface area contributed by atoms with Gasteiger partial charge in [0.05, 0.1) is 10.2 Å². The van der Waals surface area contributed by atoms with E-state index in [1.165, 1.54) is 5.56 Å². The predicted octanol–water partition coefficient (Wildman–Crippen LogP) is 3.93. The van der Waals surface area contributed by atoms with E-state index in [1.54, 1.807) is 37.3 Å². The zero-order chi connectivity index (χ0) is 17.3. The van der Waals surface area contributed by atoms with E-state index < -0.39 is 10.2 Å². The summed E-state index contributed by atoms with van der Waals surface area (Å²) in [5.74, 6) is 0. The van der Waals surface area contributed by atoms with Crippen LogP contribution in [0.15, 0.2) is 42.5 Å². The van der Waals surface area contributed by atoms with E-state index in [4.69, 9.17) is 0 Å². The van der Waals surface area contributed by atoms with Gasteiger partial charge in [0, 0.05) is 17.3 Å². The van der Waals surface area contributed by atoms with Crippen LogP contribution in [0.1, 0.15) is 19.4 Å². The molecule has 2 N–H and O–H groups in total.